The molecule has 0 radical (unpaired) electrons. The maximum atomic E-state index is 13.6. The van der Waals surface area contributed by atoms with Crippen molar-refractivity contribution in [1.29, 1.82) is 0 Å². The monoisotopic (exact) mass is 356 g/mol. The molecular formula is C20H21FN2O3. The van der Waals surface area contributed by atoms with Crippen LogP contribution in [0.25, 0.3) is 0 Å². The summed E-state index contributed by atoms with van der Waals surface area (Å²) in [5.41, 5.74) is 7.65. The number of halogens is 1. The summed E-state index contributed by atoms with van der Waals surface area (Å²) in [6.07, 6.45) is 3.35. The number of aryl methyl sites for hydroxylation is 2. The lowest BCUT2D eigenvalue weighted by atomic mass is 9.90. The van der Waals surface area contributed by atoms with Gasteiger partial charge in [0.05, 0.1) is 0 Å². The van der Waals surface area contributed by atoms with Gasteiger partial charge in [0.25, 0.3) is 11.8 Å². The van der Waals surface area contributed by atoms with Crippen LogP contribution in [0.2, 0.25) is 0 Å². The minimum atomic E-state index is -0.962. The van der Waals surface area contributed by atoms with Crippen molar-refractivity contribution >= 4 is 11.8 Å². The van der Waals surface area contributed by atoms with Crippen LogP contribution in [0, 0.1) is 5.82 Å². The molecule has 1 aliphatic carbocycles. The lowest BCUT2D eigenvalue weighted by Gasteiger charge is -2.17. The summed E-state index contributed by atoms with van der Waals surface area (Å²) >= 11 is 0. The molecule has 2 amide bonds. The number of carbonyl (C=O) groups is 2. The Labute approximate surface area is 151 Å². The molecule has 0 saturated carbocycles. The van der Waals surface area contributed by atoms with Gasteiger partial charge < -0.3 is 4.74 Å². The zero-order valence-corrected chi connectivity index (χ0v) is 14.5. The van der Waals surface area contributed by atoms with Crippen LogP contribution in [-0.4, -0.2) is 17.9 Å². The molecule has 2 aromatic carbocycles. The van der Waals surface area contributed by atoms with Gasteiger partial charge in [0.2, 0.25) is 0 Å². The molecule has 0 aliphatic heterocycles. The van der Waals surface area contributed by atoms with E-state index in [0.717, 1.165) is 19.3 Å². The van der Waals surface area contributed by atoms with E-state index >= 15 is 0 Å². The highest BCUT2D eigenvalue weighted by Crippen LogP contribution is 2.22. The molecule has 136 valence electrons. The first-order valence-electron chi connectivity index (χ1n) is 8.68. The fraction of sp³-hybridized carbons (Fsp3) is 0.300. The normalized spacial score (nSPS) is 14.1. The van der Waals surface area contributed by atoms with Crippen LogP contribution in [0.3, 0.4) is 0 Å². The summed E-state index contributed by atoms with van der Waals surface area (Å²) in [6.45, 7) is 1.48. The van der Waals surface area contributed by atoms with Gasteiger partial charge in [-0.3, -0.25) is 20.4 Å². The first-order valence-corrected chi connectivity index (χ1v) is 8.68. The van der Waals surface area contributed by atoms with E-state index in [2.05, 4.69) is 10.9 Å². The van der Waals surface area contributed by atoms with Crippen LogP contribution < -0.4 is 15.6 Å². The molecule has 1 atom stereocenters. The molecule has 3 rings (SSSR count). The van der Waals surface area contributed by atoms with Gasteiger partial charge in [-0.05, 0) is 68.0 Å². The number of amides is 2. The fourth-order valence-electron chi connectivity index (χ4n) is 2.95. The van der Waals surface area contributed by atoms with Gasteiger partial charge in [-0.15, -0.1) is 0 Å². The number of hydrogen-bond acceptors (Lipinski definition) is 3. The lowest BCUT2D eigenvalue weighted by Crippen LogP contribution is -2.47. The van der Waals surface area contributed by atoms with E-state index in [1.54, 1.807) is 12.1 Å². The summed E-state index contributed by atoms with van der Waals surface area (Å²) in [4.78, 5) is 24.3. The van der Waals surface area contributed by atoms with Crippen LogP contribution in [-0.2, 0) is 17.6 Å². The second-order valence-corrected chi connectivity index (χ2v) is 6.32. The van der Waals surface area contributed by atoms with Gasteiger partial charge >= 0.3 is 0 Å². The third-order valence-electron chi connectivity index (χ3n) is 4.42. The number of hydrogen-bond donors (Lipinski definition) is 2. The number of rotatable bonds is 4. The smallest absolute Gasteiger partial charge is 0.279 e. The Hall–Kier alpha value is -2.89. The highest BCUT2D eigenvalue weighted by atomic mass is 19.1. The molecule has 2 N–H and O–H groups in total. The Balaban J connectivity index is 1.55. The fourth-order valence-corrected chi connectivity index (χ4v) is 2.95. The van der Waals surface area contributed by atoms with Crippen molar-refractivity contribution in [3.05, 3.63) is 65.0 Å². The minimum Gasteiger partial charge on any atom is -0.478 e. The SMILES string of the molecule is C[C@@H](Oc1ccccc1F)C(=O)NNC(=O)c1ccc2c(c1)CCCC2. The third kappa shape index (κ3) is 4.20. The second kappa shape index (κ2) is 7.99. The number of carbonyl (C=O) groups excluding carboxylic acids is 2. The van der Waals surface area contributed by atoms with Crippen molar-refractivity contribution in [2.45, 2.75) is 38.7 Å². The van der Waals surface area contributed by atoms with E-state index in [9.17, 15) is 14.0 Å². The molecule has 0 aromatic heterocycles. The van der Waals surface area contributed by atoms with E-state index in [4.69, 9.17) is 4.74 Å². The van der Waals surface area contributed by atoms with Crippen molar-refractivity contribution in [2.75, 3.05) is 0 Å². The number of nitrogens with one attached hydrogen (secondary N) is 2. The van der Waals surface area contributed by atoms with Gasteiger partial charge in [0.15, 0.2) is 17.7 Å². The predicted octanol–water partition coefficient (Wildman–Crippen LogP) is 2.93. The Kier molecular flexibility index (Phi) is 5.51. The van der Waals surface area contributed by atoms with Crippen LogP contribution in [0.15, 0.2) is 42.5 Å². The summed E-state index contributed by atoms with van der Waals surface area (Å²) in [5, 5.41) is 0. The summed E-state index contributed by atoms with van der Waals surface area (Å²) in [6, 6.07) is 11.4. The zero-order chi connectivity index (χ0) is 18.5. The van der Waals surface area contributed by atoms with Crippen LogP contribution >= 0.6 is 0 Å². The summed E-state index contributed by atoms with van der Waals surface area (Å²) in [5.74, 6) is -1.54. The maximum absolute atomic E-state index is 13.6. The number of ether oxygens (including phenoxy) is 1. The molecular weight excluding hydrogens is 335 g/mol. The van der Waals surface area contributed by atoms with Gasteiger partial charge in [0, 0.05) is 5.56 Å². The second-order valence-electron chi connectivity index (χ2n) is 6.32. The molecule has 2 aromatic rings. The molecule has 0 unspecified atom stereocenters. The van der Waals surface area contributed by atoms with Crippen molar-refractivity contribution < 1.29 is 18.7 Å². The third-order valence-corrected chi connectivity index (χ3v) is 4.42. The molecule has 6 heteroatoms. The van der Waals surface area contributed by atoms with Gasteiger partial charge in [0.1, 0.15) is 0 Å². The standard InChI is InChI=1S/C20H21FN2O3/c1-13(26-18-9-5-4-8-17(18)21)19(24)22-23-20(25)16-11-10-14-6-2-3-7-15(14)12-16/h4-5,8-13H,2-3,6-7H2,1H3,(H,22,24)(H,23,25)/t13-/m1/s1. The van der Waals surface area contributed by atoms with Crippen LogP contribution in [0.1, 0.15) is 41.3 Å². The average molecular weight is 356 g/mol. The summed E-state index contributed by atoms with van der Waals surface area (Å²) < 4.78 is 18.8. The van der Waals surface area contributed by atoms with Crippen molar-refractivity contribution in [2.24, 2.45) is 0 Å². The quantitative estimate of drug-likeness (QED) is 0.828. The lowest BCUT2D eigenvalue weighted by molar-refractivity contribution is -0.128. The summed E-state index contributed by atoms with van der Waals surface area (Å²) in [7, 11) is 0. The number of hydrazine groups is 1. The molecule has 26 heavy (non-hydrogen) atoms. The van der Waals surface area contributed by atoms with E-state index in [0.29, 0.717) is 5.56 Å². The first kappa shape index (κ1) is 17.9. The molecule has 5 nitrogen and oxygen atoms in total. The highest BCUT2D eigenvalue weighted by molar-refractivity contribution is 5.96. The zero-order valence-electron chi connectivity index (χ0n) is 14.5. The van der Waals surface area contributed by atoms with Crippen LogP contribution in [0.4, 0.5) is 4.39 Å². The van der Waals surface area contributed by atoms with Crippen LogP contribution in [0.5, 0.6) is 5.75 Å². The van der Waals surface area contributed by atoms with Crippen molar-refractivity contribution in [3.63, 3.8) is 0 Å². The molecule has 0 fully saturated rings. The van der Waals surface area contributed by atoms with Crippen molar-refractivity contribution in [1.82, 2.24) is 10.9 Å². The largest absolute Gasteiger partial charge is 0.478 e. The first-order chi connectivity index (χ1) is 12.5. The minimum absolute atomic E-state index is 0.0174. The van der Waals surface area contributed by atoms with Gasteiger partial charge in [-0.25, -0.2) is 4.39 Å². The molecule has 0 bridgehead atoms. The van der Waals surface area contributed by atoms with Gasteiger partial charge in [-0.2, -0.15) is 0 Å². The van der Waals surface area contributed by atoms with E-state index in [-0.39, 0.29) is 5.75 Å². The highest BCUT2D eigenvalue weighted by Gasteiger charge is 2.18. The Morgan fingerprint density at radius 1 is 1.04 bits per heavy atom. The van der Waals surface area contributed by atoms with Gasteiger partial charge in [-0.1, -0.05) is 18.2 Å². The molecule has 0 heterocycles. The number of para-hydroxylation sites is 1. The van der Waals surface area contributed by atoms with E-state index in [1.807, 2.05) is 12.1 Å². The van der Waals surface area contributed by atoms with Crippen molar-refractivity contribution in [3.8, 4) is 5.75 Å². The maximum Gasteiger partial charge on any atom is 0.279 e. The number of fused-ring (bicyclic) bond motifs is 1. The van der Waals surface area contributed by atoms with E-state index < -0.39 is 23.7 Å². The molecule has 1 aliphatic rings. The Morgan fingerprint density at radius 3 is 2.54 bits per heavy atom. The van der Waals surface area contributed by atoms with E-state index in [1.165, 1.54) is 42.7 Å². The average Bonchev–Trinajstić information content (AvgIpc) is 2.67. The predicted molar refractivity (Wildman–Crippen MR) is 95.2 cm³/mol. The molecule has 0 spiro atoms. The topological polar surface area (TPSA) is 67.4 Å². The number of benzene rings is 2. The molecule has 0 saturated heterocycles. The Bertz CT molecular complexity index is 822. The Morgan fingerprint density at radius 2 is 1.77 bits per heavy atom.